The summed E-state index contributed by atoms with van der Waals surface area (Å²) in [5.74, 6) is 0. The molecule has 0 saturated carbocycles. The van der Waals surface area contributed by atoms with Crippen LogP contribution in [-0.4, -0.2) is 4.98 Å². The van der Waals surface area contributed by atoms with Crippen LogP contribution in [-0.2, 0) is 0 Å². The van der Waals surface area contributed by atoms with Crippen LogP contribution in [0.2, 0.25) is 0 Å². The number of pyridine rings is 1. The van der Waals surface area contributed by atoms with Gasteiger partial charge in [0.15, 0.2) is 0 Å². The van der Waals surface area contributed by atoms with Gasteiger partial charge in [-0.2, -0.15) is 0 Å². The lowest BCUT2D eigenvalue weighted by Crippen LogP contribution is -1.84. The Balaban J connectivity index is 2.20. The quantitative estimate of drug-likeness (QED) is 0.609. The normalized spacial score (nSPS) is 10.8. The topological polar surface area (TPSA) is 26.0 Å². The van der Waals surface area contributed by atoms with E-state index >= 15 is 0 Å². The number of nitrogens with zero attached hydrogens (tertiary/aromatic N) is 1. The molecule has 0 amide bonds. The highest BCUT2D eigenvalue weighted by molar-refractivity contribution is 5.82. The smallest absolute Gasteiger partial charge is 0.0996 e. The van der Waals surface area contributed by atoms with Crippen molar-refractivity contribution in [2.24, 2.45) is 0 Å². The van der Waals surface area contributed by atoms with Gasteiger partial charge < -0.3 is 4.42 Å². The van der Waals surface area contributed by atoms with Crippen LogP contribution in [0, 0.1) is 6.92 Å². The average molecular weight is 209 g/mol. The third-order valence-electron chi connectivity index (χ3n) is 2.66. The lowest BCUT2D eigenvalue weighted by Gasteiger charge is -2.01. The maximum Gasteiger partial charge on any atom is 0.0996 e. The standard InChI is InChI=1S/C14H11NO/c1-10-2-4-13-11(8-10)3-5-14(15-13)12-6-7-16-9-12/h2-9H,1H3. The molecule has 2 heterocycles. The molecular weight excluding hydrogens is 198 g/mol. The second-order valence-electron chi connectivity index (χ2n) is 3.90. The van der Waals surface area contributed by atoms with Crippen molar-refractivity contribution in [2.45, 2.75) is 6.92 Å². The number of benzene rings is 1. The van der Waals surface area contributed by atoms with E-state index in [0.717, 1.165) is 16.8 Å². The summed E-state index contributed by atoms with van der Waals surface area (Å²) in [5.41, 5.74) is 4.24. The lowest BCUT2D eigenvalue weighted by molar-refractivity contribution is 0.568. The van der Waals surface area contributed by atoms with Crippen molar-refractivity contribution >= 4 is 10.9 Å². The van der Waals surface area contributed by atoms with E-state index in [1.807, 2.05) is 18.2 Å². The van der Waals surface area contributed by atoms with Gasteiger partial charge in [-0.3, -0.25) is 0 Å². The summed E-state index contributed by atoms with van der Waals surface area (Å²) in [5, 5.41) is 1.17. The summed E-state index contributed by atoms with van der Waals surface area (Å²) in [6, 6.07) is 12.3. The Labute approximate surface area is 93.5 Å². The van der Waals surface area contributed by atoms with Gasteiger partial charge in [-0.1, -0.05) is 17.7 Å². The number of fused-ring (bicyclic) bond motifs is 1. The third-order valence-corrected chi connectivity index (χ3v) is 2.66. The van der Waals surface area contributed by atoms with Gasteiger partial charge in [0.2, 0.25) is 0 Å². The molecule has 0 unspecified atom stereocenters. The summed E-state index contributed by atoms with van der Waals surface area (Å²) in [7, 11) is 0. The van der Waals surface area contributed by atoms with E-state index in [0.29, 0.717) is 0 Å². The van der Waals surface area contributed by atoms with Crippen LogP contribution in [0.25, 0.3) is 22.2 Å². The Morgan fingerprint density at radius 2 is 2.00 bits per heavy atom. The highest BCUT2D eigenvalue weighted by atomic mass is 16.3. The van der Waals surface area contributed by atoms with Crippen LogP contribution < -0.4 is 0 Å². The Kier molecular flexibility index (Phi) is 2.00. The van der Waals surface area contributed by atoms with E-state index in [9.17, 15) is 0 Å². The van der Waals surface area contributed by atoms with Crippen LogP contribution in [0.5, 0.6) is 0 Å². The molecular formula is C14H11NO. The Hall–Kier alpha value is -2.09. The average Bonchev–Trinajstić information content (AvgIpc) is 2.82. The zero-order chi connectivity index (χ0) is 11.0. The van der Waals surface area contributed by atoms with E-state index in [1.165, 1.54) is 10.9 Å². The zero-order valence-electron chi connectivity index (χ0n) is 8.97. The largest absolute Gasteiger partial charge is 0.472 e. The molecule has 0 radical (unpaired) electrons. The van der Waals surface area contributed by atoms with Gasteiger partial charge >= 0.3 is 0 Å². The Bertz CT molecular complexity index is 626. The molecule has 3 aromatic rings. The fourth-order valence-electron chi connectivity index (χ4n) is 1.82. The lowest BCUT2D eigenvalue weighted by atomic mass is 10.1. The molecule has 0 N–H and O–H groups in total. The molecule has 0 fully saturated rings. The Morgan fingerprint density at radius 3 is 2.81 bits per heavy atom. The first-order valence-corrected chi connectivity index (χ1v) is 5.23. The van der Waals surface area contributed by atoms with Crippen molar-refractivity contribution in [1.29, 1.82) is 0 Å². The first-order chi connectivity index (χ1) is 7.83. The van der Waals surface area contributed by atoms with Crippen molar-refractivity contribution in [3.63, 3.8) is 0 Å². The predicted octanol–water partition coefficient (Wildman–Crippen LogP) is 3.80. The summed E-state index contributed by atoms with van der Waals surface area (Å²) in [6.07, 6.45) is 3.37. The predicted molar refractivity (Wildman–Crippen MR) is 64.2 cm³/mol. The number of hydrogen-bond donors (Lipinski definition) is 0. The molecule has 16 heavy (non-hydrogen) atoms. The van der Waals surface area contributed by atoms with Crippen molar-refractivity contribution in [3.8, 4) is 11.3 Å². The second kappa shape index (κ2) is 3.49. The minimum atomic E-state index is 0.949. The maximum absolute atomic E-state index is 5.06. The van der Waals surface area contributed by atoms with E-state index in [-0.39, 0.29) is 0 Å². The van der Waals surface area contributed by atoms with Crippen LogP contribution >= 0.6 is 0 Å². The molecule has 0 aliphatic rings. The fraction of sp³-hybridized carbons (Fsp3) is 0.0714. The Morgan fingerprint density at radius 1 is 1.06 bits per heavy atom. The van der Waals surface area contributed by atoms with Gasteiger partial charge in [-0.25, -0.2) is 4.98 Å². The van der Waals surface area contributed by atoms with Crippen molar-refractivity contribution in [3.05, 3.63) is 54.5 Å². The SMILES string of the molecule is Cc1ccc2nc(-c3ccoc3)ccc2c1. The first kappa shape index (κ1) is 9.16. The van der Waals surface area contributed by atoms with E-state index in [4.69, 9.17) is 4.42 Å². The number of aromatic nitrogens is 1. The molecule has 0 spiro atoms. The fourth-order valence-corrected chi connectivity index (χ4v) is 1.82. The zero-order valence-corrected chi connectivity index (χ0v) is 8.97. The third kappa shape index (κ3) is 1.48. The van der Waals surface area contributed by atoms with Crippen LogP contribution in [0.4, 0.5) is 0 Å². The molecule has 0 bridgehead atoms. The van der Waals surface area contributed by atoms with Crippen LogP contribution in [0.3, 0.4) is 0 Å². The van der Waals surface area contributed by atoms with Crippen molar-refractivity contribution in [1.82, 2.24) is 4.98 Å². The monoisotopic (exact) mass is 209 g/mol. The number of hydrogen-bond acceptors (Lipinski definition) is 2. The van der Waals surface area contributed by atoms with Gasteiger partial charge in [0.25, 0.3) is 0 Å². The molecule has 2 heteroatoms. The molecule has 0 saturated heterocycles. The van der Waals surface area contributed by atoms with Crippen LogP contribution in [0.15, 0.2) is 53.3 Å². The van der Waals surface area contributed by atoms with E-state index in [1.54, 1.807) is 12.5 Å². The molecule has 78 valence electrons. The molecule has 3 rings (SSSR count). The minimum absolute atomic E-state index is 0.949. The van der Waals surface area contributed by atoms with Crippen molar-refractivity contribution < 1.29 is 4.42 Å². The molecule has 1 aromatic carbocycles. The van der Waals surface area contributed by atoms with Gasteiger partial charge in [-0.15, -0.1) is 0 Å². The summed E-state index contributed by atoms with van der Waals surface area (Å²) in [4.78, 5) is 4.60. The van der Waals surface area contributed by atoms with Gasteiger partial charge in [0.1, 0.15) is 0 Å². The molecule has 2 nitrogen and oxygen atoms in total. The first-order valence-electron chi connectivity index (χ1n) is 5.23. The molecule has 0 aliphatic carbocycles. The number of furan rings is 1. The van der Waals surface area contributed by atoms with Crippen LogP contribution in [0.1, 0.15) is 5.56 Å². The van der Waals surface area contributed by atoms with Gasteiger partial charge in [0, 0.05) is 10.9 Å². The summed E-state index contributed by atoms with van der Waals surface area (Å²) in [6.45, 7) is 2.09. The highest BCUT2D eigenvalue weighted by Gasteiger charge is 2.02. The summed E-state index contributed by atoms with van der Waals surface area (Å²) < 4.78 is 5.06. The number of aryl methyl sites for hydroxylation is 1. The minimum Gasteiger partial charge on any atom is -0.472 e. The summed E-state index contributed by atoms with van der Waals surface area (Å²) >= 11 is 0. The molecule has 2 aromatic heterocycles. The van der Waals surface area contributed by atoms with E-state index < -0.39 is 0 Å². The highest BCUT2D eigenvalue weighted by Crippen LogP contribution is 2.21. The van der Waals surface area contributed by atoms with Gasteiger partial charge in [0.05, 0.1) is 23.7 Å². The number of rotatable bonds is 1. The maximum atomic E-state index is 5.06. The van der Waals surface area contributed by atoms with Crippen molar-refractivity contribution in [2.75, 3.05) is 0 Å². The molecule has 0 aliphatic heterocycles. The second-order valence-corrected chi connectivity index (χ2v) is 3.90. The molecule has 0 atom stereocenters. The van der Waals surface area contributed by atoms with Gasteiger partial charge in [-0.05, 0) is 31.2 Å². The van der Waals surface area contributed by atoms with E-state index in [2.05, 4.69) is 30.1 Å².